The van der Waals surface area contributed by atoms with Crippen LogP contribution in [0, 0.1) is 13.8 Å². The smallest absolute Gasteiger partial charge is 0.240 e. The van der Waals surface area contributed by atoms with Gasteiger partial charge in [0.25, 0.3) is 0 Å². The largest absolute Gasteiger partial charge is 0.497 e. The van der Waals surface area contributed by atoms with Gasteiger partial charge in [0.1, 0.15) is 11.0 Å². The molecule has 0 fully saturated rings. The van der Waals surface area contributed by atoms with Gasteiger partial charge in [-0.1, -0.05) is 43.0 Å². The fourth-order valence-corrected chi connectivity index (χ4v) is 4.72. The van der Waals surface area contributed by atoms with Crippen molar-refractivity contribution in [3.63, 3.8) is 0 Å². The maximum Gasteiger partial charge on any atom is 0.240 e. The molecule has 31 heavy (non-hydrogen) atoms. The number of aromatic nitrogens is 3. The van der Waals surface area contributed by atoms with Gasteiger partial charge in [-0.25, -0.2) is 4.68 Å². The number of carbonyl (C=O) groups excluding carboxylic acids is 1. The molecule has 0 bridgehead atoms. The summed E-state index contributed by atoms with van der Waals surface area (Å²) < 4.78 is 7.22. The van der Waals surface area contributed by atoms with Crippen LogP contribution in [0.1, 0.15) is 41.9 Å². The summed E-state index contributed by atoms with van der Waals surface area (Å²) in [5.41, 5.74) is 7.46. The van der Waals surface area contributed by atoms with E-state index in [9.17, 15) is 4.79 Å². The molecule has 0 spiro atoms. The molecule has 2 heterocycles. The fraction of sp³-hybridized carbons (Fsp3) is 0.348. The molecule has 2 atom stereocenters. The molecule has 1 amide bonds. The molecule has 4 rings (SSSR count). The number of hydrogen-bond donors (Lipinski definition) is 2. The Hall–Kier alpha value is -3.00. The van der Waals surface area contributed by atoms with Gasteiger partial charge in [-0.2, -0.15) is 0 Å². The van der Waals surface area contributed by atoms with E-state index in [0.29, 0.717) is 5.16 Å². The van der Waals surface area contributed by atoms with E-state index in [1.54, 1.807) is 7.11 Å². The fourth-order valence-electron chi connectivity index (χ4n) is 3.62. The Kier molecular flexibility index (Phi) is 6.18. The van der Waals surface area contributed by atoms with E-state index in [4.69, 9.17) is 4.74 Å². The minimum Gasteiger partial charge on any atom is -0.497 e. The molecule has 2 unspecified atom stereocenters. The Morgan fingerprint density at radius 1 is 1.19 bits per heavy atom. The number of anilines is 1. The van der Waals surface area contributed by atoms with Crippen molar-refractivity contribution < 1.29 is 9.53 Å². The number of methoxy groups -OCH3 is 1. The predicted octanol–water partition coefficient (Wildman–Crippen LogP) is 4.25. The first kappa shape index (κ1) is 21.2. The highest BCUT2D eigenvalue weighted by Crippen LogP contribution is 2.38. The summed E-state index contributed by atoms with van der Waals surface area (Å²) in [6.45, 7) is 6.12. The summed E-state index contributed by atoms with van der Waals surface area (Å²) in [5.74, 6) is 1.58. The minimum absolute atomic E-state index is 0.0710. The number of ether oxygens (including phenoxy) is 1. The summed E-state index contributed by atoms with van der Waals surface area (Å²) in [7, 11) is 1.64. The SMILES string of the molecule is CCCc1nnc2n1NC(c1ccc(OC)cc1)C(C(=O)Nc1cc(C)ccc1C)S2. The first-order valence-corrected chi connectivity index (χ1v) is 11.3. The van der Waals surface area contributed by atoms with Gasteiger partial charge >= 0.3 is 0 Å². The summed E-state index contributed by atoms with van der Waals surface area (Å²) in [6.07, 6.45) is 1.78. The van der Waals surface area contributed by atoms with E-state index in [-0.39, 0.29) is 11.9 Å². The number of hydrogen-bond acceptors (Lipinski definition) is 6. The topological polar surface area (TPSA) is 81.1 Å². The van der Waals surface area contributed by atoms with Crippen molar-refractivity contribution in [3.8, 4) is 5.75 Å². The Labute approximate surface area is 186 Å². The number of benzene rings is 2. The molecular weight excluding hydrogens is 410 g/mol. The van der Waals surface area contributed by atoms with Gasteiger partial charge in [0, 0.05) is 12.1 Å². The molecular formula is C23H27N5O2S. The van der Waals surface area contributed by atoms with Crippen LogP contribution in [0.25, 0.3) is 0 Å². The first-order valence-electron chi connectivity index (χ1n) is 10.4. The summed E-state index contributed by atoms with van der Waals surface area (Å²) in [4.78, 5) is 13.4. The van der Waals surface area contributed by atoms with E-state index < -0.39 is 5.25 Å². The van der Waals surface area contributed by atoms with Gasteiger partial charge in [-0.3, -0.25) is 4.79 Å². The van der Waals surface area contributed by atoms with Crippen LogP contribution in [0.5, 0.6) is 5.75 Å². The quantitative estimate of drug-likeness (QED) is 0.600. The number of thioether (sulfide) groups is 1. The van der Waals surface area contributed by atoms with Gasteiger partial charge in [-0.15, -0.1) is 10.2 Å². The Bertz CT molecular complexity index is 1080. The van der Waals surface area contributed by atoms with E-state index >= 15 is 0 Å². The lowest BCUT2D eigenvalue weighted by Crippen LogP contribution is -2.41. The molecule has 0 radical (unpaired) electrons. The van der Waals surface area contributed by atoms with E-state index in [1.165, 1.54) is 11.8 Å². The third-order valence-corrected chi connectivity index (χ3v) is 6.58. The van der Waals surface area contributed by atoms with Crippen molar-refractivity contribution in [2.75, 3.05) is 17.9 Å². The van der Waals surface area contributed by atoms with Gasteiger partial charge in [0.15, 0.2) is 5.82 Å². The number of rotatable bonds is 6. The van der Waals surface area contributed by atoms with Gasteiger partial charge in [0.05, 0.1) is 13.2 Å². The molecule has 1 aromatic heterocycles. The van der Waals surface area contributed by atoms with E-state index in [0.717, 1.165) is 46.8 Å². The number of amides is 1. The zero-order chi connectivity index (χ0) is 22.0. The Morgan fingerprint density at radius 2 is 1.97 bits per heavy atom. The van der Waals surface area contributed by atoms with Gasteiger partial charge in [0.2, 0.25) is 11.1 Å². The van der Waals surface area contributed by atoms with Gasteiger partial charge in [-0.05, 0) is 55.2 Å². The molecule has 1 aliphatic heterocycles. The van der Waals surface area contributed by atoms with Crippen LogP contribution in [0.2, 0.25) is 0 Å². The second kappa shape index (κ2) is 9.01. The maximum absolute atomic E-state index is 13.4. The Balaban J connectivity index is 1.67. The van der Waals surface area contributed by atoms with Crippen molar-refractivity contribution >= 4 is 23.4 Å². The molecule has 2 aromatic carbocycles. The zero-order valence-corrected chi connectivity index (χ0v) is 19.0. The summed E-state index contributed by atoms with van der Waals surface area (Å²) >= 11 is 1.44. The van der Waals surface area contributed by atoms with Crippen LogP contribution in [-0.2, 0) is 11.2 Å². The van der Waals surface area contributed by atoms with Crippen molar-refractivity contribution in [1.82, 2.24) is 14.9 Å². The normalized spacial score (nSPS) is 17.5. The molecule has 0 aliphatic carbocycles. The van der Waals surface area contributed by atoms with Crippen LogP contribution in [0.3, 0.4) is 0 Å². The lowest BCUT2D eigenvalue weighted by atomic mass is 10.0. The highest BCUT2D eigenvalue weighted by atomic mass is 32.2. The van der Waals surface area contributed by atoms with E-state index in [2.05, 4.69) is 27.9 Å². The molecule has 8 heteroatoms. The standard InChI is InChI=1S/C23H27N5O2S/c1-5-6-19-25-26-23-28(19)27-20(16-9-11-17(30-4)12-10-16)21(31-23)22(29)24-18-13-14(2)7-8-15(18)3/h7-13,20-21,27H,5-6H2,1-4H3,(H,24,29). The highest BCUT2D eigenvalue weighted by Gasteiger charge is 2.38. The lowest BCUT2D eigenvalue weighted by Gasteiger charge is -2.33. The number of aryl methyl sites for hydroxylation is 3. The zero-order valence-electron chi connectivity index (χ0n) is 18.2. The highest BCUT2D eigenvalue weighted by molar-refractivity contribution is 8.00. The van der Waals surface area contributed by atoms with Gasteiger partial charge < -0.3 is 15.5 Å². The molecule has 0 saturated heterocycles. The second-order valence-electron chi connectivity index (χ2n) is 7.71. The number of nitrogens with zero attached hydrogens (tertiary/aromatic N) is 3. The van der Waals surface area contributed by atoms with E-state index in [1.807, 2.05) is 61.0 Å². The predicted molar refractivity (Wildman–Crippen MR) is 123 cm³/mol. The molecule has 1 aliphatic rings. The number of nitrogens with one attached hydrogen (secondary N) is 2. The van der Waals surface area contributed by atoms with Crippen molar-refractivity contribution in [3.05, 3.63) is 65.0 Å². The maximum atomic E-state index is 13.4. The molecule has 2 N–H and O–H groups in total. The number of carbonyl (C=O) groups is 1. The Morgan fingerprint density at radius 3 is 2.68 bits per heavy atom. The molecule has 162 valence electrons. The third-order valence-electron chi connectivity index (χ3n) is 5.36. The summed E-state index contributed by atoms with van der Waals surface area (Å²) in [5, 5.41) is 12.0. The molecule has 0 saturated carbocycles. The van der Waals surface area contributed by atoms with Crippen LogP contribution in [0.15, 0.2) is 47.6 Å². The average Bonchev–Trinajstić information content (AvgIpc) is 3.17. The molecule has 7 nitrogen and oxygen atoms in total. The second-order valence-corrected chi connectivity index (χ2v) is 8.82. The lowest BCUT2D eigenvalue weighted by molar-refractivity contribution is -0.116. The number of fused-ring (bicyclic) bond motifs is 1. The third kappa shape index (κ3) is 4.39. The monoisotopic (exact) mass is 437 g/mol. The van der Waals surface area contributed by atoms with Crippen molar-refractivity contribution in [1.29, 1.82) is 0 Å². The average molecular weight is 438 g/mol. The van der Waals surface area contributed by atoms with Crippen molar-refractivity contribution in [2.24, 2.45) is 0 Å². The first-order chi connectivity index (χ1) is 15.0. The van der Waals surface area contributed by atoms with Crippen LogP contribution < -0.4 is 15.5 Å². The summed E-state index contributed by atoms with van der Waals surface area (Å²) in [6, 6.07) is 13.6. The van der Waals surface area contributed by atoms with Crippen LogP contribution in [-0.4, -0.2) is 33.1 Å². The van der Waals surface area contributed by atoms with Crippen LogP contribution in [0.4, 0.5) is 5.69 Å². The molecule has 3 aromatic rings. The minimum atomic E-state index is -0.417. The van der Waals surface area contributed by atoms with Crippen molar-refractivity contribution in [2.45, 2.75) is 50.1 Å². The van der Waals surface area contributed by atoms with Crippen LogP contribution >= 0.6 is 11.8 Å².